The van der Waals surface area contributed by atoms with Crippen molar-refractivity contribution in [2.24, 2.45) is 0 Å². The Kier molecular flexibility index (Phi) is 4.46. The first kappa shape index (κ1) is 15.1. The Morgan fingerprint density at radius 2 is 1.64 bits per heavy atom. The molecule has 1 amide bonds. The monoisotopic (exact) mass is 315 g/mol. The number of benzene rings is 2. The molecule has 0 bridgehead atoms. The molecule has 2 aromatic rings. The fraction of sp³-hybridized carbons (Fsp3) is 0.278. The quantitative estimate of drug-likeness (QED) is 0.928. The van der Waals surface area contributed by atoms with E-state index >= 15 is 0 Å². The minimum atomic E-state index is -0.557. The third-order valence-corrected chi connectivity index (χ3v) is 4.56. The van der Waals surface area contributed by atoms with Crippen LogP contribution < -0.4 is 5.32 Å². The number of para-hydroxylation sites is 1. The summed E-state index contributed by atoms with van der Waals surface area (Å²) in [4.78, 5) is 13.0. The second kappa shape index (κ2) is 6.51. The van der Waals surface area contributed by atoms with Crippen LogP contribution in [0.5, 0.6) is 0 Å². The Morgan fingerprint density at radius 3 is 2.32 bits per heavy atom. The van der Waals surface area contributed by atoms with E-state index in [-0.39, 0.29) is 5.91 Å². The van der Waals surface area contributed by atoms with Gasteiger partial charge >= 0.3 is 0 Å². The fourth-order valence-corrected chi connectivity index (χ4v) is 3.11. The van der Waals surface area contributed by atoms with Gasteiger partial charge in [0, 0.05) is 13.2 Å². The number of hydrogen-bond acceptors (Lipinski definition) is 2. The zero-order chi connectivity index (χ0) is 15.4. The summed E-state index contributed by atoms with van der Waals surface area (Å²) in [6, 6.07) is 17.2. The third kappa shape index (κ3) is 2.87. The Balaban J connectivity index is 1.93. The number of amides is 1. The Hall–Kier alpha value is -1.84. The first-order chi connectivity index (χ1) is 10.7. The van der Waals surface area contributed by atoms with E-state index in [0.717, 1.165) is 5.56 Å². The molecule has 0 spiro atoms. The smallest absolute Gasteiger partial charge is 0.235 e. The summed E-state index contributed by atoms with van der Waals surface area (Å²) in [5.41, 5.74) is 1.12. The van der Waals surface area contributed by atoms with E-state index in [4.69, 9.17) is 16.3 Å². The van der Waals surface area contributed by atoms with Crippen molar-refractivity contribution in [2.75, 3.05) is 18.5 Å². The van der Waals surface area contributed by atoms with Gasteiger partial charge < -0.3 is 10.1 Å². The van der Waals surface area contributed by atoms with Crippen LogP contribution in [0, 0.1) is 0 Å². The lowest BCUT2D eigenvalue weighted by atomic mass is 9.73. The van der Waals surface area contributed by atoms with Crippen LogP contribution in [-0.4, -0.2) is 19.1 Å². The number of rotatable bonds is 3. The van der Waals surface area contributed by atoms with Crippen LogP contribution in [0.15, 0.2) is 54.6 Å². The molecule has 0 aromatic heterocycles. The van der Waals surface area contributed by atoms with Crippen LogP contribution in [0.1, 0.15) is 18.4 Å². The molecule has 1 N–H and O–H groups in total. The summed E-state index contributed by atoms with van der Waals surface area (Å²) in [7, 11) is 0. The molecule has 0 radical (unpaired) electrons. The average Bonchev–Trinajstić information content (AvgIpc) is 2.58. The van der Waals surface area contributed by atoms with E-state index in [0.29, 0.717) is 36.8 Å². The minimum Gasteiger partial charge on any atom is -0.381 e. The molecule has 0 unspecified atom stereocenters. The molecule has 1 heterocycles. The Bertz CT molecular complexity index is 651. The summed E-state index contributed by atoms with van der Waals surface area (Å²) in [6.45, 7) is 1.18. The molecule has 1 fully saturated rings. The maximum absolute atomic E-state index is 13.0. The number of carbonyl (C=O) groups is 1. The molecular formula is C18H18ClNO2. The van der Waals surface area contributed by atoms with Gasteiger partial charge in [-0.1, -0.05) is 54.1 Å². The van der Waals surface area contributed by atoms with Crippen molar-refractivity contribution in [3.8, 4) is 0 Å². The summed E-state index contributed by atoms with van der Waals surface area (Å²) >= 11 is 6.16. The van der Waals surface area contributed by atoms with Crippen LogP contribution in [0.4, 0.5) is 5.69 Å². The van der Waals surface area contributed by atoms with Crippen LogP contribution in [0.3, 0.4) is 0 Å². The topological polar surface area (TPSA) is 38.3 Å². The molecule has 1 saturated heterocycles. The van der Waals surface area contributed by atoms with Gasteiger partial charge in [-0.3, -0.25) is 4.79 Å². The molecule has 3 nitrogen and oxygen atoms in total. The third-order valence-electron chi connectivity index (χ3n) is 4.23. The van der Waals surface area contributed by atoms with Crippen molar-refractivity contribution in [2.45, 2.75) is 18.3 Å². The molecular weight excluding hydrogens is 298 g/mol. The first-order valence-electron chi connectivity index (χ1n) is 7.42. The van der Waals surface area contributed by atoms with E-state index in [1.807, 2.05) is 48.5 Å². The number of ether oxygens (including phenoxy) is 1. The molecule has 22 heavy (non-hydrogen) atoms. The van der Waals surface area contributed by atoms with Crippen LogP contribution in [0.2, 0.25) is 5.02 Å². The summed E-state index contributed by atoms with van der Waals surface area (Å²) < 4.78 is 5.46. The largest absolute Gasteiger partial charge is 0.381 e. The van der Waals surface area contributed by atoms with Gasteiger partial charge in [-0.25, -0.2) is 0 Å². The summed E-state index contributed by atoms with van der Waals surface area (Å²) in [5, 5.41) is 3.54. The van der Waals surface area contributed by atoms with Crippen molar-refractivity contribution in [1.29, 1.82) is 0 Å². The highest BCUT2D eigenvalue weighted by Gasteiger charge is 2.41. The second-order valence-corrected chi connectivity index (χ2v) is 5.90. The van der Waals surface area contributed by atoms with Gasteiger partial charge in [0.1, 0.15) is 0 Å². The summed E-state index contributed by atoms with van der Waals surface area (Å²) in [5.74, 6) is -0.0184. The molecule has 3 rings (SSSR count). The molecule has 114 valence electrons. The standard InChI is InChI=1S/C18H18ClNO2/c19-15-8-4-5-9-16(15)20-17(21)18(10-12-22-13-11-18)14-6-2-1-3-7-14/h1-9H,10-13H2,(H,20,21). The number of halogens is 1. The predicted octanol–water partition coefficient (Wildman–Crippen LogP) is 4.03. The molecule has 2 aromatic carbocycles. The highest BCUT2D eigenvalue weighted by Crippen LogP contribution is 2.36. The maximum Gasteiger partial charge on any atom is 0.235 e. The lowest BCUT2D eigenvalue weighted by Crippen LogP contribution is -2.44. The zero-order valence-electron chi connectivity index (χ0n) is 12.2. The van der Waals surface area contributed by atoms with Crippen molar-refractivity contribution in [3.05, 3.63) is 65.2 Å². The average molecular weight is 316 g/mol. The SMILES string of the molecule is O=C(Nc1ccccc1Cl)C1(c2ccccc2)CCOCC1. The van der Waals surface area contributed by atoms with Crippen molar-refractivity contribution < 1.29 is 9.53 Å². The van der Waals surface area contributed by atoms with Gasteiger partial charge in [0.05, 0.1) is 16.1 Å². The van der Waals surface area contributed by atoms with Gasteiger partial charge in [0.2, 0.25) is 5.91 Å². The van der Waals surface area contributed by atoms with Gasteiger partial charge in [0.25, 0.3) is 0 Å². The number of anilines is 1. The number of nitrogens with one attached hydrogen (secondary N) is 1. The van der Waals surface area contributed by atoms with Gasteiger partial charge in [-0.2, -0.15) is 0 Å². The van der Waals surface area contributed by atoms with Crippen LogP contribution in [0.25, 0.3) is 0 Å². The molecule has 0 atom stereocenters. The van der Waals surface area contributed by atoms with Gasteiger partial charge in [-0.15, -0.1) is 0 Å². The normalized spacial score (nSPS) is 17.0. The second-order valence-electron chi connectivity index (χ2n) is 5.49. The Labute approximate surface area is 135 Å². The van der Waals surface area contributed by atoms with E-state index in [2.05, 4.69) is 5.32 Å². The molecule has 0 aliphatic carbocycles. The van der Waals surface area contributed by atoms with Crippen LogP contribution in [-0.2, 0) is 14.9 Å². The lowest BCUT2D eigenvalue weighted by Gasteiger charge is -2.36. The summed E-state index contributed by atoms with van der Waals surface area (Å²) in [6.07, 6.45) is 1.35. The van der Waals surface area contributed by atoms with Gasteiger partial charge in [0.15, 0.2) is 0 Å². The fourth-order valence-electron chi connectivity index (χ4n) is 2.93. The molecule has 4 heteroatoms. The maximum atomic E-state index is 13.0. The first-order valence-corrected chi connectivity index (χ1v) is 7.79. The van der Waals surface area contributed by atoms with Crippen molar-refractivity contribution in [3.63, 3.8) is 0 Å². The highest BCUT2D eigenvalue weighted by atomic mass is 35.5. The van der Waals surface area contributed by atoms with Gasteiger partial charge in [-0.05, 0) is 30.5 Å². The highest BCUT2D eigenvalue weighted by molar-refractivity contribution is 6.33. The number of hydrogen-bond donors (Lipinski definition) is 1. The van der Waals surface area contributed by atoms with Crippen molar-refractivity contribution in [1.82, 2.24) is 0 Å². The van der Waals surface area contributed by atoms with E-state index in [1.54, 1.807) is 6.07 Å². The molecule has 1 aliphatic heterocycles. The van der Waals surface area contributed by atoms with Crippen LogP contribution >= 0.6 is 11.6 Å². The molecule has 1 aliphatic rings. The van der Waals surface area contributed by atoms with E-state index < -0.39 is 5.41 Å². The Morgan fingerprint density at radius 1 is 1.00 bits per heavy atom. The minimum absolute atomic E-state index is 0.0184. The lowest BCUT2D eigenvalue weighted by molar-refractivity contribution is -0.125. The van der Waals surface area contributed by atoms with E-state index in [9.17, 15) is 4.79 Å². The zero-order valence-corrected chi connectivity index (χ0v) is 13.0. The predicted molar refractivity (Wildman–Crippen MR) is 88.3 cm³/mol. The molecule has 0 saturated carbocycles. The number of carbonyl (C=O) groups excluding carboxylic acids is 1. The van der Waals surface area contributed by atoms with Crippen molar-refractivity contribution >= 4 is 23.2 Å². The van der Waals surface area contributed by atoms with E-state index in [1.165, 1.54) is 0 Å².